The van der Waals surface area contributed by atoms with Crippen LogP contribution in [0.15, 0.2) is 0 Å². The number of hydrogen-bond donors (Lipinski definition) is 2. The molecule has 1 rings (SSSR count). The fraction of sp³-hybridized carbons (Fsp3) is 0.750. The SMILES string of the molecule is O=C(O)C1(C(=O)O)CCCCC1.[Ni]. The van der Waals surface area contributed by atoms with Gasteiger partial charge in [-0.25, -0.2) is 0 Å². The number of hydrogen-bond acceptors (Lipinski definition) is 2. The van der Waals surface area contributed by atoms with Crippen LogP contribution in [0.5, 0.6) is 0 Å². The Hall–Kier alpha value is -0.566. The molecular formula is C8H12NiO4. The fourth-order valence-corrected chi connectivity index (χ4v) is 1.67. The minimum absolute atomic E-state index is 0. The van der Waals surface area contributed by atoms with Crippen LogP contribution < -0.4 is 0 Å². The van der Waals surface area contributed by atoms with E-state index in [4.69, 9.17) is 10.2 Å². The molecule has 5 heteroatoms. The minimum Gasteiger partial charge on any atom is -0.480 e. The Labute approximate surface area is 86.2 Å². The molecule has 0 amide bonds. The van der Waals surface area contributed by atoms with E-state index in [1.54, 1.807) is 0 Å². The summed E-state index contributed by atoms with van der Waals surface area (Å²) in [5, 5.41) is 17.6. The molecular weight excluding hydrogens is 219 g/mol. The average molecular weight is 231 g/mol. The van der Waals surface area contributed by atoms with Gasteiger partial charge >= 0.3 is 11.9 Å². The number of carboxylic acids is 2. The summed E-state index contributed by atoms with van der Waals surface area (Å²) in [6.07, 6.45) is 2.91. The molecule has 1 fully saturated rings. The Morgan fingerprint density at radius 1 is 0.923 bits per heavy atom. The molecule has 0 spiro atoms. The maximum absolute atomic E-state index is 10.7. The van der Waals surface area contributed by atoms with Crippen molar-refractivity contribution < 1.29 is 36.3 Å². The van der Waals surface area contributed by atoms with Gasteiger partial charge in [-0.15, -0.1) is 0 Å². The van der Waals surface area contributed by atoms with Crippen molar-refractivity contribution in [1.29, 1.82) is 0 Å². The zero-order chi connectivity index (χ0) is 9.19. The molecule has 1 aliphatic rings. The van der Waals surface area contributed by atoms with E-state index in [0.29, 0.717) is 12.8 Å². The summed E-state index contributed by atoms with van der Waals surface area (Å²) in [6, 6.07) is 0. The number of rotatable bonds is 2. The van der Waals surface area contributed by atoms with Crippen LogP contribution in [0.25, 0.3) is 0 Å². The first kappa shape index (κ1) is 12.4. The molecule has 4 nitrogen and oxygen atoms in total. The van der Waals surface area contributed by atoms with E-state index in [1.165, 1.54) is 0 Å². The molecule has 0 radical (unpaired) electrons. The Morgan fingerprint density at radius 2 is 1.31 bits per heavy atom. The number of aliphatic carboxylic acids is 2. The van der Waals surface area contributed by atoms with Crippen molar-refractivity contribution in [3.05, 3.63) is 0 Å². The molecule has 1 saturated carbocycles. The Balaban J connectivity index is 0.00000144. The molecule has 0 aromatic carbocycles. The van der Waals surface area contributed by atoms with Gasteiger partial charge in [-0.3, -0.25) is 9.59 Å². The molecule has 1 aliphatic carbocycles. The van der Waals surface area contributed by atoms with Gasteiger partial charge in [-0.2, -0.15) is 0 Å². The topological polar surface area (TPSA) is 74.6 Å². The van der Waals surface area contributed by atoms with E-state index >= 15 is 0 Å². The van der Waals surface area contributed by atoms with Gasteiger partial charge in [0.1, 0.15) is 0 Å². The first-order chi connectivity index (χ1) is 5.59. The third kappa shape index (κ3) is 2.21. The molecule has 0 aliphatic heterocycles. The van der Waals surface area contributed by atoms with Crippen LogP contribution in [0.1, 0.15) is 32.1 Å². The summed E-state index contributed by atoms with van der Waals surface area (Å²) < 4.78 is 0. The molecule has 0 unspecified atom stereocenters. The molecule has 0 atom stereocenters. The largest absolute Gasteiger partial charge is 0.480 e. The monoisotopic (exact) mass is 230 g/mol. The van der Waals surface area contributed by atoms with E-state index in [1.807, 2.05) is 0 Å². The van der Waals surface area contributed by atoms with Crippen molar-refractivity contribution in [2.24, 2.45) is 5.41 Å². The van der Waals surface area contributed by atoms with Crippen LogP contribution in [-0.4, -0.2) is 22.2 Å². The summed E-state index contributed by atoms with van der Waals surface area (Å²) in [6.45, 7) is 0. The molecule has 78 valence electrons. The molecule has 0 aromatic rings. The maximum Gasteiger partial charge on any atom is 0.321 e. The minimum atomic E-state index is -1.49. The zero-order valence-corrected chi connectivity index (χ0v) is 8.05. The summed E-state index contributed by atoms with van der Waals surface area (Å²) in [5.41, 5.74) is -1.49. The van der Waals surface area contributed by atoms with E-state index in [2.05, 4.69) is 0 Å². The molecule has 2 N–H and O–H groups in total. The standard InChI is InChI=1S/C8H12O4.Ni/c9-6(10)8(7(11)12)4-2-1-3-5-8;/h1-5H2,(H,9,10)(H,11,12);. The third-order valence-electron chi connectivity index (χ3n) is 2.53. The van der Waals surface area contributed by atoms with Gasteiger partial charge in [0, 0.05) is 16.5 Å². The van der Waals surface area contributed by atoms with Crippen molar-refractivity contribution in [2.75, 3.05) is 0 Å². The van der Waals surface area contributed by atoms with Crippen molar-refractivity contribution in [3.63, 3.8) is 0 Å². The van der Waals surface area contributed by atoms with E-state index < -0.39 is 17.4 Å². The summed E-state index contributed by atoms with van der Waals surface area (Å²) >= 11 is 0. The second-order valence-electron chi connectivity index (χ2n) is 3.25. The molecule has 0 saturated heterocycles. The van der Waals surface area contributed by atoms with E-state index in [-0.39, 0.29) is 29.3 Å². The van der Waals surface area contributed by atoms with Crippen LogP contribution in [0.4, 0.5) is 0 Å². The van der Waals surface area contributed by atoms with Gasteiger partial charge in [-0.05, 0) is 12.8 Å². The number of carboxylic acid groups (broad SMARTS) is 2. The van der Waals surface area contributed by atoms with Gasteiger partial charge in [0.15, 0.2) is 5.41 Å². The van der Waals surface area contributed by atoms with Crippen LogP contribution >= 0.6 is 0 Å². The Morgan fingerprint density at radius 3 is 1.54 bits per heavy atom. The van der Waals surface area contributed by atoms with E-state index in [0.717, 1.165) is 6.42 Å². The van der Waals surface area contributed by atoms with Gasteiger partial charge in [0.2, 0.25) is 0 Å². The van der Waals surface area contributed by atoms with Gasteiger partial charge in [0.25, 0.3) is 0 Å². The second-order valence-corrected chi connectivity index (χ2v) is 3.25. The van der Waals surface area contributed by atoms with Crippen LogP contribution in [0, 0.1) is 5.41 Å². The average Bonchev–Trinajstić information content (AvgIpc) is 2.05. The van der Waals surface area contributed by atoms with Crippen LogP contribution in [-0.2, 0) is 26.1 Å². The van der Waals surface area contributed by atoms with Crippen molar-refractivity contribution in [1.82, 2.24) is 0 Å². The zero-order valence-electron chi connectivity index (χ0n) is 7.06. The quantitative estimate of drug-likeness (QED) is 0.551. The summed E-state index contributed by atoms with van der Waals surface area (Å²) in [5.74, 6) is -2.37. The first-order valence-electron chi connectivity index (χ1n) is 4.06. The molecule has 0 bridgehead atoms. The molecule has 0 heterocycles. The summed E-state index contributed by atoms with van der Waals surface area (Å²) in [7, 11) is 0. The number of carbonyl (C=O) groups is 2. The first-order valence-corrected chi connectivity index (χ1v) is 4.06. The van der Waals surface area contributed by atoms with Crippen LogP contribution in [0.3, 0.4) is 0 Å². The predicted molar refractivity (Wildman–Crippen MR) is 40.8 cm³/mol. The van der Waals surface area contributed by atoms with Crippen molar-refractivity contribution >= 4 is 11.9 Å². The third-order valence-corrected chi connectivity index (χ3v) is 2.53. The second kappa shape index (κ2) is 4.61. The van der Waals surface area contributed by atoms with Gasteiger partial charge in [0.05, 0.1) is 0 Å². The fourth-order valence-electron chi connectivity index (χ4n) is 1.67. The van der Waals surface area contributed by atoms with Crippen molar-refractivity contribution in [3.8, 4) is 0 Å². The maximum atomic E-state index is 10.7. The Kier molecular flexibility index (Phi) is 4.41. The normalized spacial score (nSPS) is 20.0. The van der Waals surface area contributed by atoms with Crippen molar-refractivity contribution in [2.45, 2.75) is 32.1 Å². The Bertz CT molecular complexity index is 192. The predicted octanol–water partition coefficient (Wildman–Crippen LogP) is 1.10. The van der Waals surface area contributed by atoms with Gasteiger partial charge < -0.3 is 10.2 Å². The van der Waals surface area contributed by atoms with Gasteiger partial charge in [-0.1, -0.05) is 19.3 Å². The van der Waals surface area contributed by atoms with E-state index in [9.17, 15) is 9.59 Å². The molecule has 13 heavy (non-hydrogen) atoms. The smallest absolute Gasteiger partial charge is 0.321 e. The summed E-state index contributed by atoms with van der Waals surface area (Å²) in [4.78, 5) is 21.5. The molecule has 0 aromatic heterocycles. The van der Waals surface area contributed by atoms with Crippen LogP contribution in [0.2, 0.25) is 0 Å².